The van der Waals surface area contributed by atoms with Crippen LogP contribution in [0, 0.1) is 0 Å². The Hall–Kier alpha value is -2.89. The van der Waals surface area contributed by atoms with Crippen molar-refractivity contribution in [1.29, 1.82) is 0 Å². The minimum Gasteiger partial charge on any atom is -0.496 e. The van der Waals surface area contributed by atoms with E-state index >= 15 is 0 Å². The van der Waals surface area contributed by atoms with Crippen LogP contribution in [-0.4, -0.2) is 29.1 Å². The van der Waals surface area contributed by atoms with Crippen molar-refractivity contribution in [3.05, 3.63) is 59.4 Å². The summed E-state index contributed by atoms with van der Waals surface area (Å²) in [5.74, 6) is -0.556. The Morgan fingerprint density at radius 2 is 2.05 bits per heavy atom. The Labute approximate surface area is 127 Å². The van der Waals surface area contributed by atoms with Crippen LogP contribution in [0.4, 0.5) is 0 Å². The van der Waals surface area contributed by atoms with E-state index in [0.717, 1.165) is 5.56 Å². The van der Waals surface area contributed by atoms with Gasteiger partial charge in [-0.05, 0) is 18.2 Å². The highest BCUT2D eigenvalue weighted by Crippen LogP contribution is 2.17. The van der Waals surface area contributed by atoms with Crippen LogP contribution < -0.4 is 10.1 Å². The topological polar surface area (TPSA) is 88.5 Å². The lowest BCUT2D eigenvalue weighted by Gasteiger charge is -2.09. The zero-order valence-electron chi connectivity index (χ0n) is 12.1. The minimum atomic E-state index is -1.02. The van der Waals surface area contributed by atoms with Gasteiger partial charge in [0.15, 0.2) is 0 Å². The second kappa shape index (κ2) is 7.21. The third-order valence-electron chi connectivity index (χ3n) is 3.07. The number of nitrogens with one attached hydrogen (secondary N) is 1. The SMILES string of the molecule is COc1ccccc1CC(=O)NCc1cc(C(=O)O)ccn1. The van der Waals surface area contributed by atoms with Gasteiger partial charge in [-0.2, -0.15) is 0 Å². The molecule has 0 unspecified atom stereocenters. The van der Waals surface area contributed by atoms with Crippen molar-refractivity contribution in [2.75, 3.05) is 7.11 Å². The number of carboxylic acid groups (broad SMARTS) is 1. The van der Waals surface area contributed by atoms with E-state index in [-0.39, 0.29) is 24.4 Å². The van der Waals surface area contributed by atoms with Crippen LogP contribution in [0.1, 0.15) is 21.6 Å². The molecule has 0 fully saturated rings. The predicted molar refractivity (Wildman–Crippen MR) is 79.7 cm³/mol. The van der Waals surface area contributed by atoms with Gasteiger partial charge in [0, 0.05) is 11.8 Å². The molecule has 0 radical (unpaired) electrons. The highest BCUT2D eigenvalue weighted by atomic mass is 16.5. The average Bonchev–Trinajstić information content (AvgIpc) is 2.53. The Balaban J connectivity index is 1.95. The van der Waals surface area contributed by atoms with Crippen molar-refractivity contribution in [2.45, 2.75) is 13.0 Å². The van der Waals surface area contributed by atoms with Crippen LogP contribution in [0.3, 0.4) is 0 Å². The van der Waals surface area contributed by atoms with E-state index < -0.39 is 5.97 Å². The number of para-hydroxylation sites is 1. The van der Waals surface area contributed by atoms with Crippen LogP contribution in [0.5, 0.6) is 5.75 Å². The lowest BCUT2D eigenvalue weighted by atomic mass is 10.1. The van der Waals surface area contributed by atoms with E-state index in [1.807, 2.05) is 18.2 Å². The third kappa shape index (κ3) is 4.05. The van der Waals surface area contributed by atoms with Crippen molar-refractivity contribution in [1.82, 2.24) is 10.3 Å². The lowest BCUT2D eigenvalue weighted by molar-refractivity contribution is -0.120. The van der Waals surface area contributed by atoms with Crippen LogP contribution >= 0.6 is 0 Å². The van der Waals surface area contributed by atoms with Gasteiger partial charge < -0.3 is 15.2 Å². The monoisotopic (exact) mass is 300 g/mol. The molecule has 0 spiro atoms. The quantitative estimate of drug-likeness (QED) is 0.846. The molecule has 6 nitrogen and oxygen atoms in total. The molecule has 6 heteroatoms. The Bertz CT molecular complexity index is 685. The second-order valence-corrected chi connectivity index (χ2v) is 4.61. The minimum absolute atomic E-state index is 0.143. The Morgan fingerprint density at radius 1 is 1.27 bits per heavy atom. The largest absolute Gasteiger partial charge is 0.496 e. The maximum Gasteiger partial charge on any atom is 0.335 e. The standard InChI is InChI=1S/C16H16N2O4/c1-22-14-5-3-2-4-11(14)9-15(19)18-10-13-8-12(16(20)21)6-7-17-13/h2-8H,9-10H2,1H3,(H,18,19)(H,20,21). The van der Waals surface area contributed by atoms with Gasteiger partial charge >= 0.3 is 5.97 Å². The molecule has 0 aliphatic carbocycles. The molecular weight excluding hydrogens is 284 g/mol. The first kappa shape index (κ1) is 15.5. The summed E-state index contributed by atoms with van der Waals surface area (Å²) in [6.07, 6.45) is 1.59. The number of hydrogen-bond donors (Lipinski definition) is 2. The zero-order valence-corrected chi connectivity index (χ0v) is 12.1. The predicted octanol–water partition coefficient (Wildman–Crippen LogP) is 1.65. The summed E-state index contributed by atoms with van der Waals surface area (Å²) < 4.78 is 5.19. The first-order valence-electron chi connectivity index (χ1n) is 6.67. The van der Waals surface area contributed by atoms with Crippen molar-refractivity contribution < 1.29 is 19.4 Å². The van der Waals surface area contributed by atoms with Crippen molar-refractivity contribution in [2.24, 2.45) is 0 Å². The number of amides is 1. The molecule has 0 saturated carbocycles. The summed E-state index contributed by atoms with van der Waals surface area (Å²) in [6.45, 7) is 0.176. The third-order valence-corrected chi connectivity index (χ3v) is 3.07. The molecular formula is C16H16N2O4. The summed E-state index contributed by atoms with van der Waals surface area (Å²) in [7, 11) is 1.55. The van der Waals surface area contributed by atoms with Crippen LogP contribution in [0.15, 0.2) is 42.6 Å². The van der Waals surface area contributed by atoms with E-state index in [1.54, 1.807) is 13.2 Å². The van der Waals surface area contributed by atoms with Gasteiger partial charge in [-0.15, -0.1) is 0 Å². The molecule has 1 amide bonds. The molecule has 1 heterocycles. The highest BCUT2D eigenvalue weighted by molar-refractivity contribution is 5.87. The molecule has 2 rings (SSSR count). The highest BCUT2D eigenvalue weighted by Gasteiger charge is 2.09. The maximum atomic E-state index is 12.0. The first-order chi connectivity index (χ1) is 10.6. The fraction of sp³-hybridized carbons (Fsp3) is 0.188. The molecule has 2 N–H and O–H groups in total. The van der Waals surface area contributed by atoms with Crippen molar-refractivity contribution in [3.63, 3.8) is 0 Å². The number of nitrogens with zero attached hydrogens (tertiary/aromatic N) is 1. The summed E-state index contributed by atoms with van der Waals surface area (Å²) in [6, 6.07) is 10.1. The fourth-order valence-corrected chi connectivity index (χ4v) is 1.98. The zero-order chi connectivity index (χ0) is 15.9. The molecule has 1 aromatic carbocycles. The fourth-order valence-electron chi connectivity index (χ4n) is 1.98. The molecule has 22 heavy (non-hydrogen) atoms. The molecule has 0 saturated heterocycles. The van der Waals surface area contributed by atoms with E-state index in [4.69, 9.17) is 9.84 Å². The smallest absolute Gasteiger partial charge is 0.335 e. The Morgan fingerprint density at radius 3 is 2.77 bits per heavy atom. The van der Waals surface area contributed by atoms with E-state index in [9.17, 15) is 9.59 Å². The van der Waals surface area contributed by atoms with Gasteiger partial charge in [0.1, 0.15) is 5.75 Å². The second-order valence-electron chi connectivity index (χ2n) is 4.61. The van der Waals surface area contributed by atoms with Crippen LogP contribution in [-0.2, 0) is 17.8 Å². The molecule has 0 aliphatic rings. The number of aromatic carboxylic acids is 1. The molecule has 0 aliphatic heterocycles. The number of rotatable bonds is 6. The van der Waals surface area contributed by atoms with Crippen molar-refractivity contribution in [3.8, 4) is 5.75 Å². The number of methoxy groups -OCH3 is 1. The number of carbonyl (C=O) groups is 2. The molecule has 2 aromatic rings. The molecule has 114 valence electrons. The maximum absolute atomic E-state index is 12.0. The number of benzene rings is 1. The molecule has 1 aromatic heterocycles. The van der Waals surface area contributed by atoms with Crippen LogP contribution in [0.2, 0.25) is 0 Å². The lowest BCUT2D eigenvalue weighted by Crippen LogP contribution is -2.25. The first-order valence-corrected chi connectivity index (χ1v) is 6.67. The van der Waals surface area contributed by atoms with E-state index in [1.165, 1.54) is 18.3 Å². The Kier molecular flexibility index (Phi) is 5.08. The normalized spacial score (nSPS) is 10.0. The number of hydrogen-bond acceptors (Lipinski definition) is 4. The number of carboxylic acids is 1. The summed E-state index contributed by atoms with van der Waals surface area (Å²) in [5, 5.41) is 11.6. The van der Waals surface area contributed by atoms with Gasteiger partial charge in [0.25, 0.3) is 0 Å². The number of aromatic nitrogens is 1. The van der Waals surface area contributed by atoms with Crippen molar-refractivity contribution >= 4 is 11.9 Å². The van der Waals surface area contributed by atoms with Gasteiger partial charge in [-0.3, -0.25) is 9.78 Å². The molecule has 0 atom stereocenters. The molecule has 0 bridgehead atoms. The summed E-state index contributed by atoms with van der Waals surface area (Å²) in [5.41, 5.74) is 1.42. The number of ether oxygens (including phenoxy) is 1. The average molecular weight is 300 g/mol. The number of pyridine rings is 1. The van der Waals surface area contributed by atoms with E-state index in [2.05, 4.69) is 10.3 Å². The van der Waals surface area contributed by atoms with Gasteiger partial charge in [0.05, 0.1) is 31.3 Å². The van der Waals surface area contributed by atoms with E-state index in [0.29, 0.717) is 11.4 Å². The number of carbonyl (C=O) groups excluding carboxylic acids is 1. The van der Waals surface area contributed by atoms with Gasteiger partial charge in [-0.25, -0.2) is 4.79 Å². The summed E-state index contributed by atoms with van der Waals surface area (Å²) in [4.78, 5) is 26.9. The summed E-state index contributed by atoms with van der Waals surface area (Å²) >= 11 is 0. The van der Waals surface area contributed by atoms with Gasteiger partial charge in [-0.1, -0.05) is 18.2 Å². The van der Waals surface area contributed by atoms with Gasteiger partial charge in [0.2, 0.25) is 5.91 Å². The van der Waals surface area contributed by atoms with Crippen LogP contribution in [0.25, 0.3) is 0 Å².